The quantitative estimate of drug-likeness (QED) is 0.348. The molecule has 0 spiro atoms. The molecule has 2 aromatic carbocycles. The molecule has 4 N–H and O–H groups in total. The second-order valence-corrected chi connectivity index (χ2v) is 12.7. The zero-order valence-corrected chi connectivity index (χ0v) is 24.3. The number of hydrogen-bond acceptors (Lipinski definition) is 7. The average molecular weight is 582 g/mol. The molecule has 1 heterocycles. The molecule has 1 saturated heterocycles. The van der Waals surface area contributed by atoms with E-state index in [1.807, 2.05) is 30.2 Å². The molecule has 216 valence electrons. The number of unbranched alkanes of at least 4 members (excludes halogenated alkanes) is 1. The molecule has 1 aliphatic rings. The molecule has 39 heavy (non-hydrogen) atoms. The van der Waals surface area contributed by atoms with E-state index in [1.165, 1.54) is 24.3 Å². The zero-order chi connectivity index (χ0) is 28.9. The Morgan fingerprint density at radius 2 is 1.15 bits per heavy atom. The molecule has 0 aromatic heterocycles. The maximum absolute atomic E-state index is 12.1. The van der Waals surface area contributed by atoms with Gasteiger partial charge in [0.25, 0.3) is 20.0 Å². The van der Waals surface area contributed by atoms with Gasteiger partial charge in [0.1, 0.15) is 0 Å². The first-order chi connectivity index (χ1) is 18.4. The summed E-state index contributed by atoms with van der Waals surface area (Å²) in [5.41, 5.74) is 4.52. The highest BCUT2D eigenvalue weighted by atomic mass is 32.2. The summed E-state index contributed by atoms with van der Waals surface area (Å²) in [6, 6.07) is 11.3. The van der Waals surface area contributed by atoms with E-state index in [0.29, 0.717) is 6.54 Å². The van der Waals surface area contributed by atoms with E-state index in [2.05, 4.69) is 10.7 Å². The summed E-state index contributed by atoms with van der Waals surface area (Å²) in [4.78, 5) is 23.4. The van der Waals surface area contributed by atoms with Gasteiger partial charge in [-0.3, -0.25) is 5.43 Å². The summed E-state index contributed by atoms with van der Waals surface area (Å²) >= 11 is 0. The largest absolute Gasteiger partial charge is 0.343 e. The van der Waals surface area contributed by atoms with Crippen molar-refractivity contribution in [1.29, 1.82) is 0 Å². The maximum atomic E-state index is 12.1. The number of carbonyl (C=O) groups is 2. The average Bonchev–Trinajstić information content (AvgIpc) is 3.13. The molecular weight excluding hydrogens is 542 g/mol. The number of benzene rings is 2. The Balaban J connectivity index is 0.000000277. The van der Waals surface area contributed by atoms with Gasteiger partial charge in [0.05, 0.1) is 9.79 Å². The molecule has 0 aliphatic carbocycles. The predicted molar refractivity (Wildman–Crippen MR) is 150 cm³/mol. The van der Waals surface area contributed by atoms with Crippen LogP contribution in [0.15, 0.2) is 58.3 Å². The van der Waals surface area contributed by atoms with E-state index in [1.54, 1.807) is 29.3 Å². The van der Waals surface area contributed by atoms with Crippen molar-refractivity contribution in [2.75, 3.05) is 19.6 Å². The first kappa shape index (κ1) is 32.1. The number of carbonyl (C=O) groups excluding carboxylic acids is 2. The van der Waals surface area contributed by atoms with Crippen molar-refractivity contribution >= 4 is 32.1 Å². The van der Waals surface area contributed by atoms with Gasteiger partial charge >= 0.3 is 12.1 Å². The summed E-state index contributed by atoms with van der Waals surface area (Å²) < 4.78 is 51.8. The number of aryl methyl sites for hydroxylation is 2. The summed E-state index contributed by atoms with van der Waals surface area (Å²) in [5, 5.41) is 4.26. The number of hydrogen-bond donors (Lipinski definition) is 4. The zero-order valence-electron chi connectivity index (χ0n) is 22.7. The Bertz CT molecular complexity index is 1270. The Morgan fingerprint density at radius 3 is 1.59 bits per heavy atom. The normalized spacial score (nSPS) is 14.2. The SMILES string of the molecule is CCCCNC(=O)NS(=O)(=O)c1ccc(C)cc1.Cc1ccc(S(=O)(=O)NC(=O)NN2CCCCCC2)cc1. The van der Waals surface area contributed by atoms with Crippen molar-refractivity contribution in [3.63, 3.8) is 0 Å². The van der Waals surface area contributed by atoms with Crippen LogP contribution in [-0.2, 0) is 20.0 Å². The topological polar surface area (TPSA) is 154 Å². The Labute approximate surface area is 231 Å². The second kappa shape index (κ2) is 15.4. The molecule has 0 atom stereocenters. The van der Waals surface area contributed by atoms with Crippen LogP contribution in [0.25, 0.3) is 0 Å². The third kappa shape index (κ3) is 11.6. The number of sulfonamides is 2. The maximum Gasteiger partial charge on any atom is 0.343 e. The van der Waals surface area contributed by atoms with Gasteiger partial charge in [-0.15, -0.1) is 0 Å². The van der Waals surface area contributed by atoms with Crippen LogP contribution < -0.4 is 20.2 Å². The van der Waals surface area contributed by atoms with Crippen LogP contribution in [0, 0.1) is 13.8 Å². The van der Waals surface area contributed by atoms with Gasteiger partial charge in [-0.2, -0.15) is 0 Å². The summed E-state index contributed by atoms with van der Waals surface area (Å²) in [6.45, 7) is 7.68. The Hall–Kier alpha value is -3.16. The number of amides is 4. The van der Waals surface area contributed by atoms with Crippen LogP contribution in [0.5, 0.6) is 0 Å². The highest BCUT2D eigenvalue weighted by Gasteiger charge is 2.19. The molecule has 2 aromatic rings. The first-order valence-electron chi connectivity index (χ1n) is 13.0. The van der Waals surface area contributed by atoms with E-state index >= 15 is 0 Å². The minimum absolute atomic E-state index is 0.0822. The highest BCUT2D eigenvalue weighted by molar-refractivity contribution is 7.90. The minimum Gasteiger partial charge on any atom is -0.337 e. The summed E-state index contributed by atoms with van der Waals surface area (Å²) in [5.74, 6) is 0. The van der Waals surface area contributed by atoms with Crippen molar-refractivity contribution in [2.45, 2.75) is 69.1 Å². The molecule has 11 nitrogen and oxygen atoms in total. The molecule has 0 bridgehead atoms. The van der Waals surface area contributed by atoms with Crippen molar-refractivity contribution in [1.82, 2.24) is 25.2 Å². The van der Waals surface area contributed by atoms with Crippen LogP contribution in [0.3, 0.4) is 0 Å². The van der Waals surface area contributed by atoms with Crippen molar-refractivity contribution in [3.05, 3.63) is 59.7 Å². The van der Waals surface area contributed by atoms with Gasteiger partial charge in [-0.25, -0.2) is 40.9 Å². The van der Waals surface area contributed by atoms with E-state index in [4.69, 9.17) is 0 Å². The molecule has 4 amide bonds. The van der Waals surface area contributed by atoms with E-state index < -0.39 is 32.1 Å². The van der Waals surface area contributed by atoms with Crippen molar-refractivity contribution < 1.29 is 26.4 Å². The fraction of sp³-hybridized carbons (Fsp3) is 0.462. The molecular formula is C26H39N5O6S2. The number of rotatable bonds is 8. The number of nitrogens with one attached hydrogen (secondary N) is 4. The summed E-state index contributed by atoms with van der Waals surface area (Å²) in [7, 11) is -7.60. The van der Waals surface area contributed by atoms with Gasteiger partial charge in [0.2, 0.25) is 0 Å². The standard InChI is InChI=1S/C14H21N3O3S.C12H18N2O3S/c1-12-6-8-13(9-7-12)21(19,20)16-14(18)15-17-10-4-2-3-5-11-17;1-3-4-9-13-12(15)14-18(16,17)11-7-5-10(2)6-8-11/h6-9H,2-5,10-11H2,1H3,(H2,15,16,18);5-8H,3-4,9H2,1-2H3,(H2,13,14,15). The molecule has 1 aliphatic heterocycles. The van der Waals surface area contributed by atoms with Gasteiger partial charge < -0.3 is 5.32 Å². The van der Waals surface area contributed by atoms with Gasteiger partial charge in [-0.1, -0.05) is 61.6 Å². The predicted octanol–water partition coefficient (Wildman–Crippen LogP) is 3.56. The van der Waals surface area contributed by atoms with Crippen LogP contribution >= 0.6 is 0 Å². The lowest BCUT2D eigenvalue weighted by atomic mass is 10.2. The van der Waals surface area contributed by atoms with Crippen molar-refractivity contribution in [2.24, 2.45) is 0 Å². The smallest absolute Gasteiger partial charge is 0.337 e. The second-order valence-electron chi connectivity index (χ2n) is 9.29. The van der Waals surface area contributed by atoms with E-state index in [-0.39, 0.29) is 9.79 Å². The van der Waals surface area contributed by atoms with Crippen molar-refractivity contribution in [3.8, 4) is 0 Å². The van der Waals surface area contributed by atoms with E-state index in [0.717, 1.165) is 62.7 Å². The van der Waals surface area contributed by atoms with Gasteiger partial charge in [0, 0.05) is 19.6 Å². The lowest BCUT2D eigenvalue weighted by Gasteiger charge is -2.20. The molecule has 3 rings (SSSR count). The van der Waals surface area contributed by atoms with E-state index in [9.17, 15) is 26.4 Å². The third-order valence-electron chi connectivity index (χ3n) is 5.80. The lowest BCUT2D eigenvalue weighted by molar-refractivity contribution is 0.184. The van der Waals surface area contributed by atoms with Crippen LogP contribution in [0.1, 0.15) is 56.6 Å². The number of hydrazine groups is 1. The molecule has 13 heteroatoms. The van der Waals surface area contributed by atoms with Crippen LogP contribution in [0.2, 0.25) is 0 Å². The monoisotopic (exact) mass is 581 g/mol. The lowest BCUT2D eigenvalue weighted by Crippen LogP contribution is -2.49. The third-order valence-corrected chi connectivity index (χ3v) is 8.49. The Kier molecular flexibility index (Phi) is 12.7. The fourth-order valence-corrected chi connectivity index (χ4v) is 5.39. The van der Waals surface area contributed by atoms with Crippen LogP contribution in [0.4, 0.5) is 9.59 Å². The molecule has 1 fully saturated rings. The van der Waals surface area contributed by atoms with Gasteiger partial charge in [0.15, 0.2) is 0 Å². The number of urea groups is 2. The molecule has 0 saturated carbocycles. The highest BCUT2D eigenvalue weighted by Crippen LogP contribution is 2.11. The summed E-state index contributed by atoms with van der Waals surface area (Å²) in [6.07, 6.45) is 6.04. The minimum atomic E-state index is -3.82. The van der Waals surface area contributed by atoms with Gasteiger partial charge in [-0.05, 0) is 57.4 Å². The first-order valence-corrected chi connectivity index (χ1v) is 15.9. The Morgan fingerprint density at radius 1 is 0.718 bits per heavy atom. The van der Waals surface area contributed by atoms with Crippen LogP contribution in [-0.4, -0.2) is 53.5 Å². The number of nitrogens with zero attached hydrogens (tertiary/aromatic N) is 1. The molecule has 0 unspecified atom stereocenters. The fourth-order valence-electron chi connectivity index (χ4n) is 3.56. The molecule has 0 radical (unpaired) electrons.